The zero-order valence-electron chi connectivity index (χ0n) is 16.2. The second-order valence-electron chi connectivity index (χ2n) is 8.17. The van der Waals surface area contributed by atoms with Crippen LogP contribution >= 0.6 is 0 Å². The predicted molar refractivity (Wildman–Crippen MR) is 104 cm³/mol. The Morgan fingerprint density at radius 3 is 2.57 bits per heavy atom. The van der Waals surface area contributed by atoms with Gasteiger partial charge in [0.25, 0.3) is 0 Å². The molecule has 0 radical (unpaired) electrons. The molecule has 3 heterocycles. The molecule has 0 saturated carbocycles. The van der Waals surface area contributed by atoms with Crippen LogP contribution in [0.25, 0.3) is 0 Å². The molecule has 2 aliphatic heterocycles. The largest absolute Gasteiger partial charge is 0.476 e. The van der Waals surface area contributed by atoms with Crippen molar-refractivity contribution in [3.8, 4) is 0 Å². The summed E-state index contributed by atoms with van der Waals surface area (Å²) in [6.45, 7) is 6.67. The third-order valence-electron chi connectivity index (χ3n) is 6.10. The average molecular weight is 382 g/mol. The maximum Gasteiger partial charge on any atom is 0.356 e. The number of carboxylic acids is 1. The Hall–Kier alpha value is -2.67. The van der Waals surface area contributed by atoms with E-state index in [0.29, 0.717) is 13.1 Å². The Bertz CT molecular complexity index is 883. The van der Waals surface area contributed by atoms with Gasteiger partial charge in [-0.1, -0.05) is 29.8 Å². The topological polar surface area (TPSA) is 78.7 Å². The highest BCUT2D eigenvalue weighted by atomic mass is 16.4. The van der Waals surface area contributed by atoms with Crippen LogP contribution in [0.5, 0.6) is 0 Å². The van der Waals surface area contributed by atoms with Gasteiger partial charge in [0, 0.05) is 32.4 Å². The summed E-state index contributed by atoms with van der Waals surface area (Å²) < 4.78 is 1.14. The molecule has 2 aliphatic rings. The lowest BCUT2D eigenvalue weighted by Crippen LogP contribution is -2.45. The number of hydrogen-bond acceptors (Lipinski definition) is 4. The molecule has 2 fully saturated rings. The number of likely N-dealkylation sites (tertiary alicyclic amines) is 2. The number of carbonyl (C=O) groups is 2. The minimum Gasteiger partial charge on any atom is -0.476 e. The van der Waals surface area contributed by atoms with Gasteiger partial charge in [-0.2, -0.15) is 9.78 Å². The lowest BCUT2D eigenvalue weighted by molar-refractivity contribution is 0.0689. The Morgan fingerprint density at radius 1 is 1.14 bits per heavy atom. The molecule has 1 spiro atoms. The average Bonchev–Trinajstić information content (AvgIpc) is 3.30. The predicted octanol–water partition coefficient (Wildman–Crippen LogP) is 2.85. The van der Waals surface area contributed by atoms with Gasteiger partial charge in [-0.15, -0.1) is 0 Å². The maximum absolute atomic E-state index is 12.6. The number of aryl methyl sites for hydroxylation is 1. The van der Waals surface area contributed by atoms with E-state index in [4.69, 9.17) is 5.11 Å². The summed E-state index contributed by atoms with van der Waals surface area (Å²) in [4.78, 5) is 27.9. The Labute approximate surface area is 164 Å². The van der Waals surface area contributed by atoms with Crippen molar-refractivity contribution >= 4 is 12.0 Å². The molecule has 7 heteroatoms. The van der Waals surface area contributed by atoms with Crippen LogP contribution in [0.1, 0.15) is 40.9 Å². The molecule has 0 aliphatic carbocycles. The van der Waals surface area contributed by atoms with Crippen LogP contribution < -0.4 is 0 Å². The monoisotopic (exact) mass is 382 g/mol. The van der Waals surface area contributed by atoms with Crippen molar-refractivity contribution < 1.29 is 14.7 Å². The Morgan fingerprint density at radius 2 is 1.89 bits per heavy atom. The lowest BCUT2D eigenvalue weighted by atomic mass is 9.78. The summed E-state index contributed by atoms with van der Waals surface area (Å²) in [6, 6.07) is 9.80. The van der Waals surface area contributed by atoms with Gasteiger partial charge in [-0.3, -0.25) is 4.90 Å². The number of aromatic nitrogens is 2. The summed E-state index contributed by atoms with van der Waals surface area (Å²) in [5.41, 5.74) is 2.83. The first-order valence-electron chi connectivity index (χ1n) is 9.80. The van der Waals surface area contributed by atoms with Gasteiger partial charge in [0.2, 0.25) is 0 Å². The lowest BCUT2D eigenvalue weighted by Gasteiger charge is -2.39. The highest BCUT2D eigenvalue weighted by Crippen LogP contribution is 2.40. The molecule has 148 valence electrons. The van der Waals surface area contributed by atoms with Crippen molar-refractivity contribution in [2.24, 2.45) is 5.41 Å². The molecule has 0 atom stereocenters. The van der Waals surface area contributed by atoms with E-state index in [1.54, 1.807) is 4.90 Å². The van der Waals surface area contributed by atoms with Gasteiger partial charge in [-0.05, 0) is 49.8 Å². The first kappa shape index (κ1) is 18.7. The second kappa shape index (κ2) is 7.39. The van der Waals surface area contributed by atoms with E-state index in [2.05, 4.69) is 41.2 Å². The number of carboxylic acid groups (broad SMARTS) is 1. The minimum atomic E-state index is -1.12. The standard InChI is InChI=1S/C21H26N4O3/c1-16-3-2-4-17(13-16)14-23-10-6-21(15-23)7-11-24(12-8-21)20(28)25-9-5-18(22-25)19(26)27/h2-5,9,13H,6-8,10-12,14-15H2,1H3,(H,26,27). The molecule has 2 aromatic rings. The molecular weight excluding hydrogens is 356 g/mol. The van der Waals surface area contributed by atoms with E-state index >= 15 is 0 Å². The first-order chi connectivity index (χ1) is 13.4. The van der Waals surface area contributed by atoms with Gasteiger partial charge in [-0.25, -0.2) is 9.59 Å². The van der Waals surface area contributed by atoms with Crippen LogP contribution in [0.4, 0.5) is 4.79 Å². The minimum absolute atomic E-state index is 0.107. The van der Waals surface area contributed by atoms with Crippen LogP contribution in [0, 0.1) is 12.3 Å². The van der Waals surface area contributed by atoms with E-state index in [9.17, 15) is 9.59 Å². The smallest absolute Gasteiger partial charge is 0.356 e. The molecule has 1 aromatic heterocycles. The third-order valence-corrected chi connectivity index (χ3v) is 6.10. The van der Waals surface area contributed by atoms with Crippen molar-refractivity contribution in [1.29, 1.82) is 0 Å². The van der Waals surface area contributed by atoms with E-state index in [1.165, 1.54) is 29.8 Å². The number of nitrogens with zero attached hydrogens (tertiary/aromatic N) is 4. The Balaban J connectivity index is 1.33. The zero-order chi connectivity index (χ0) is 19.7. The van der Waals surface area contributed by atoms with Gasteiger partial charge < -0.3 is 10.0 Å². The number of aromatic carboxylic acids is 1. The highest BCUT2D eigenvalue weighted by molar-refractivity contribution is 5.86. The van der Waals surface area contributed by atoms with Crippen LogP contribution in [0.15, 0.2) is 36.5 Å². The van der Waals surface area contributed by atoms with Gasteiger partial charge in [0.1, 0.15) is 0 Å². The normalized spacial score (nSPS) is 19.2. The molecule has 0 unspecified atom stereocenters. The van der Waals surface area contributed by atoms with Crippen molar-refractivity contribution in [1.82, 2.24) is 19.6 Å². The molecule has 4 rings (SSSR count). The van der Waals surface area contributed by atoms with Crippen molar-refractivity contribution in [3.05, 3.63) is 53.3 Å². The fraction of sp³-hybridized carbons (Fsp3) is 0.476. The second-order valence-corrected chi connectivity index (χ2v) is 8.17. The fourth-order valence-electron chi connectivity index (χ4n) is 4.50. The summed E-state index contributed by atoms with van der Waals surface area (Å²) >= 11 is 0. The summed E-state index contributed by atoms with van der Waals surface area (Å²) in [5, 5.41) is 12.8. The summed E-state index contributed by atoms with van der Waals surface area (Å²) in [5.74, 6) is -1.12. The molecule has 7 nitrogen and oxygen atoms in total. The number of piperidine rings is 1. The van der Waals surface area contributed by atoms with E-state index in [1.807, 2.05) is 0 Å². The van der Waals surface area contributed by atoms with E-state index < -0.39 is 5.97 Å². The van der Waals surface area contributed by atoms with Crippen LogP contribution in [0.3, 0.4) is 0 Å². The quantitative estimate of drug-likeness (QED) is 0.883. The Kier molecular flexibility index (Phi) is 4.93. The molecule has 0 bridgehead atoms. The van der Waals surface area contributed by atoms with Crippen LogP contribution in [-0.2, 0) is 6.54 Å². The molecule has 1 aromatic carbocycles. The van der Waals surface area contributed by atoms with Crippen molar-refractivity contribution in [2.75, 3.05) is 26.2 Å². The van der Waals surface area contributed by atoms with Crippen molar-refractivity contribution in [2.45, 2.75) is 32.7 Å². The SMILES string of the molecule is Cc1cccc(CN2CCC3(CCN(C(=O)n4ccc(C(=O)O)n4)CC3)C2)c1. The van der Waals surface area contributed by atoms with Crippen LogP contribution in [0.2, 0.25) is 0 Å². The number of rotatable bonds is 3. The van der Waals surface area contributed by atoms with Gasteiger partial charge in [0.05, 0.1) is 0 Å². The van der Waals surface area contributed by atoms with Crippen molar-refractivity contribution in [3.63, 3.8) is 0 Å². The van der Waals surface area contributed by atoms with E-state index in [0.717, 1.165) is 37.2 Å². The number of amides is 1. The fourth-order valence-corrected chi connectivity index (χ4v) is 4.50. The molecule has 1 amide bonds. The van der Waals surface area contributed by atoms with Gasteiger partial charge >= 0.3 is 12.0 Å². The number of hydrogen-bond donors (Lipinski definition) is 1. The number of carbonyl (C=O) groups excluding carboxylic acids is 1. The number of benzene rings is 1. The summed E-state index contributed by atoms with van der Waals surface area (Å²) in [7, 11) is 0. The first-order valence-corrected chi connectivity index (χ1v) is 9.80. The van der Waals surface area contributed by atoms with Crippen LogP contribution in [-0.4, -0.2) is 62.9 Å². The molecule has 28 heavy (non-hydrogen) atoms. The summed E-state index contributed by atoms with van der Waals surface area (Å²) in [6.07, 6.45) is 4.56. The zero-order valence-corrected chi connectivity index (χ0v) is 16.2. The molecule has 1 N–H and O–H groups in total. The maximum atomic E-state index is 12.6. The molecule has 2 saturated heterocycles. The highest BCUT2D eigenvalue weighted by Gasteiger charge is 2.41. The molecular formula is C21H26N4O3. The van der Waals surface area contributed by atoms with Gasteiger partial charge in [0.15, 0.2) is 5.69 Å². The third kappa shape index (κ3) is 3.80. The van der Waals surface area contributed by atoms with E-state index in [-0.39, 0.29) is 17.1 Å².